The van der Waals surface area contributed by atoms with Gasteiger partial charge in [0.05, 0.1) is 0 Å². The third-order valence-electron chi connectivity index (χ3n) is 2.03. The van der Waals surface area contributed by atoms with Gasteiger partial charge in [-0.3, -0.25) is 0 Å². The predicted molar refractivity (Wildman–Crippen MR) is 57.8 cm³/mol. The normalized spacial score (nSPS) is 11.6. The van der Waals surface area contributed by atoms with Gasteiger partial charge in [0.25, 0.3) is 0 Å². The monoisotopic (exact) mass is 249 g/mol. The molecule has 0 amide bonds. The maximum atomic E-state index is 11.8. The van der Waals surface area contributed by atoms with Crippen LogP contribution in [0.4, 0.5) is 18.9 Å². The maximum absolute atomic E-state index is 11.8. The van der Waals surface area contributed by atoms with Crippen LogP contribution in [0.1, 0.15) is 11.1 Å². The molecule has 0 aliphatic heterocycles. The number of anilines is 1. The molecule has 0 bridgehead atoms. The Bertz CT molecular complexity index is 368. The van der Waals surface area contributed by atoms with Crippen molar-refractivity contribution in [2.24, 2.45) is 0 Å². The maximum Gasteiger partial charge on any atom is 0.411 e. The molecule has 0 heterocycles. The number of nitrogens with two attached hydrogens (primary N) is 1. The van der Waals surface area contributed by atoms with Crippen LogP contribution in [0.5, 0.6) is 5.75 Å². The third kappa shape index (κ3) is 4.52. The Morgan fingerprint density at radius 3 is 2.18 bits per heavy atom. The number of rotatable bonds is 4. The average molecular weight is 249 g/mol. The van der Waals surface area contributed by atoms with Gasteiger partial charge in [-0.1, -0.05) is 0 Å². The smallest absolute Gasteiger partial charge is 0.411 e. The molecule has 0 atom stereocenters. The second-order valence-corrected chi connectivity index (χ2v) is 3.71. The minimum Gasteiger partial charge on any atom is -0.467 e. The summed E-state index contributed by atoms with van der Waals surface area (Å²) >= 11 is 0. The fourth-order valence-electron chi connectivity index (χ4n) is 1.47. The molecule has 0 radical (unpaired) electrons. The van der Waals surface area contributed by atoms with Gasteiger partial charge in [-0.15, -0.1) is 0 Å². The molecule has 0 aromatic heterocycles. The molecule has 2 N–H and O–H groups in total. The standard InChI is InChI=1S/C11H14F3NO2/c1-7-3-9(15)4-8(2)10(7)17-6-16-5-11(12,13)14/h3-4H,5-6,15H2,1-2H3. The molecule has 0 saturated heterocycles. The number of nitrogen functional groups attached to an aromatic ring is 1. The Labute approximate surface area is 97.3 Å². The van der Waals surface area contributed by atoms with Crippen LogP contribution < -0.4 is 10.5 Å². The van der Waals surface area contributed by atoms with Crippen molar-refractivity contribution in [3.63, 3.8) is 0 Å². The van der Waals surface area contributed by atoms with E-state index in [4.69, 9.17) is 10.5 Å². The fraction of sp³-hybridized carbons (Fsp3) is 0.455. The van der Waals surface area contributed by atoms with Crippen molar-refractivity contribution in [3.8, 4) is 5.75 Å². The Morgan fingerprint density at radius 1 is 1.18 bits per heavy atom. The summed E-state index contributed by atoms with van der Waals surface area (Å²) in [5.74, 6) is 0.501. The van der Waals surface area contributed by atoms with Gasteiger partial charge in [-0.05, 0) is 37.1 Å². The van der Waals surface area contributed by atoms with Gasteiger partial charge in [0, 0.05) is 5.69 Å². The van der Waals surface area contributed by atoms with E-state index in [9.17, 15) is 13.2 Å². The molecule has 0 aliphatic rings. The van der Waals surface area contributed by atoms with Crippen molar-refractivity contribution in [2.45, 2.75) is 20.0 Å². The average Bonchev–Trinajstić information content (AvgIpc) is 2.13. The number of halogens is 3. The first kappa shape index (κ1) is 13.6. The Hall–Kier alpha value is -1.43. The number of ether oxygens (including phenoxy) is 2. The number of alkyl halides is 3. The number of benzene rings is 1. The quantitative estimate of drug-likeness (QED) is 0.507. The van der Waals surface area contributed by atoms with Crippen LogP contribution in [-0.2, 0) is 4.74 Å². The van der Waals surface area contributed by atoms with E-state index < -0.39 is 19.6 Å². The van der Waals surface area contributed by atoms with Gasteiger partial charge < -0.3 is 15.2 Å². The zero-order valence-corrected chi connectivity index (χ0v) is 9.60. The summed E-state index contributed by atoms with van der Waals surface area (Å²) in [4.78, 5) is 0. The lowest BCUT2D eigenvalue weighted by atomic mass is 10.1. The van der Waals surface area contributed by atoms with Crippen LogP contribution >= 0.6 is 0 Å². The van der Waals surface area contributed by atoms with E-state index in [0.29, 0.717) is 11.4 Å². The number of aryl methyl sites for hydroxylation is 2. The zero-order chi connectivity index (χ0) is 13.1. The molecule has 0 saturated carbocycles. The molecule has 1 rings (SSSR count). The van der Waals surface area contributed by atoms with Crippen molar-refractivity contribution in [2.75, 3.05) is 19.1 Å². The highest BCUT2D eigenvalue weighted by Crippen LogP contribution is 2.26. The first-order chi connectivity index (χ1) is 7.79. The molecular formula is C11H14F3NO2. The summed E-state index contributed by atoms with van der Waals surface area (Å²) < 4.78 is 44.9. The predicted octanol–water partition coefficient (Wildman–Crippen LogP) is 2.80. The van der Waals surface area contributed by atoms with Crippen LogP contribution in [0.3, 0.4) is 0 Å². The second kappa shape index (κ2) is 5.27. The van der Waals surface area contributed by atoms with Crippen molar-refractivity contribution in [1.82, 2.24) is 0 Å². The summed E-state index contributed by atoms with van der Waals surface area (Å²) in [5, 5.41) is 0. The van der Waals surface area contributed by atoms with Crippen LogP contribution in [0.25, 0.3) is 0 Å². The second-order valence-electron chi connectivity index (χ2n) is 3.71. The molecule has 1 aromatic rings. The lowest BCUT2D eigenvalue weighted by Gasteiger charge is -2.13. The van der Waals surface area contributed by atoms with Gasteiger partial charge in [0.1, 0.15) is 12.4 Å². The number of hydrogen-bond acceptors (Lipinski definition) is 3. The molecule has 3 nitrogen and oxygen atoms in total. The molecule has 0 fully saturated rings. The summed E-state index contributed by atoms with van der Waals surface area (Å²) in [6.07, 6.45) is -4.34. The molecular weight excluding hydrogens is 235 g/mol. The van der Waals surface area contributed by atoms with Crippen LogP contribution in [-0.4, -0.2) is 19.6 Å². The summed E-state index contributed by atoms with van der Waals surface area (Å²) in [6, 6.07) is 3.37. The molecule has 0 spiro atoms. The summed E-state index contributed by atoms with van der Waals surface area (Å²) in [5.41, 5.74) is 7.72. The first-order valence-electron chi connectivity index (χ1n) is 4.93. The van der Waals surface area contributed by atoms with Crippen molar-refractivity contribution < 1.29 is 22.6 Å². The van der Waals surface area contributed by atoms with E-state index in [1.165, 1.54) is 0 Å². The minimum absolute atomic E-state index is 0.439. The highest BCUT2D eigenvalue weighted by molar-refractivity contribution is 5.52. The van der Waals surface area contributed by atoms with Gasteiger partial charge in [0.15, 0.2) is 6.79 Å². The van der Waals surface area contributed by atoms with Crippen molar-refractivity contribution >= 4 is 5.69 Å². The van der Waals surface area contributed by atoms with E-state index in [2.05, 4.69) is 4.74 Å². The minimum atomic E-state index is -4.34. The summed E-state index contributed by atoms with van der Waals surface area (Å²) in [7, 11) is 0. The third-order valence-corrected chi connectivity index (χ3v) is 2.03. The van der Waals surface area contributed by atoms with E-state index in [0.717, 1.165) is 11.1 Å². The van der Waals surface area contributed by atoms with Crippen molar-refractivity contribution in [3.05, 3.63) is 23.3 Å². The Balaban J connectivity index is 2.53. The van der Waals surface area contributed by atoms with Gasteiger partial charge in [0.2, 0.25) is 0 Å². The van der Waals surface area contributed by atoms with Crippen molar-refractivity contribution in [1.29, 1.82) is 0 Å². The topological polar surface area (TPSA) is 44.5 Å². The van der Waals surface area contributed by atoms with Crippen LogP contribution in [0, 0.1) is 13.8 Å². The number of hydrogen-bond donors (Lipinski definition) is 1. The van der Waals surface area contributed by atoms with Crippen LogP contribution in [0.15, 0.2) is 12.1 Å². The molecule has 1 aromatic carbocycles. The molecule has 17 heavy (non-hydrogen) atoms. The largest absolute Gasteiger partial charge is 0.467 e. The lowest BCUT2D eigenvalue weighted by Crippen LogP contribution is -2.19. The van der Waals surface area contributed by atoms with E-state index >= 15 is 0 Å². The molecule has 0 unspecified atom stereocenters. The summed E-state index contributed by atoms with van der Waals surface area (Å²) in [6.45, 7) is 1.77. The van der Waals surface area contributed by atoms with Gasteiger partial charge in [-0.2, -0.15) is 13.2 Å². The molecule has 0 aliphatic carbocycles. The highest BCUT2D eigenvalue weighted by atomic mass is 19.4. The zero-order valence-electron chi connectivity index (χ0n) is 9.60. The highest BCUT2D eigenvalue weighted by Gasteiger charge is 2.27. The molecule has 6 heteroatoms. The van der Waals surface area contributed by atoms with Crippen LogP contribution in [0.2, 0.25) is 0 Å². The Kier molecular flexibility index (Phi) is 4.22. The van der Waals surface area contributed by atoms with Gasteiger partial charge >= 0.3 is 6.18 Å². The van der Waals surface area contributed by atoms with E-state index in [1.807, 2.05) is 0 Å². The lowest BCUT2D eigenvalue weighted by molar-refractivity contribution is -0.186. The SMILES string of the molecule is Cc1cc(N)cc(C)c1OCOCC(F)(F)F. The van der Waals surface area contributed by atoms with E-state index in [1.54, 1.807) is 26.0 Å². The van der Waals surface area contributed by atoms with Gasteiger partial charge in [-0.25, -0.2) is 0 Å². The molecule has 96 valence electrons. The van der Waals surface area contributed by atoms with E-state index in [-0.39, 0.29) is 0 Å². The Morgan fingerprint density at radius 2 is 1.71 bits per heavy atom. The first-order valence-corrected chi connectivity index (χ1v) is 4.93. The fourth-order valence-corrected chi connectivity index (χ4v) is 1.47.